The van der Waals surface area contributed by atoms with Gasteiger partial charge in [-0.2, -0.15) is 0 Å². The zero-order valence-electron chi connectivity index (χ0n) is 9.04. The van der Waals surface area contributed by atoms with E-state index in [9.17, 15) is 0 Å². The first-order valence-corrected chi connectivity index (χ1v) is 6.67. The van der Waals surface area contributed by atoms with Gasteiger partial charge < -0.3 is 10.7 Å². The van der Waals surface area contributed by atoms with Crippen LogP contribution >= 0.6 is 23.6 Å². The Balaban J connectivity index is 2.35. The topological polar surface area (TPSA) is 54.7 Å². The molecule has 3 N–H and O–H groups in total. The van der Waals surface area contributed by atoms with E-state index in [0.717, 1.165) is 29.0 Å². The highest BCUT2D eigenvalue weighted by molar-refractivity contribution is 7.71. The van der Waals surface area contributed by atoms with Gasteiger partial charge in [0, 0.05) is 4.88 Å². The third-order valence-electron chi connectivity index (χ3n) is 3.20. The van der Waals surface area contributed by atoms with Crippen LogP contribution in [0, 0.1) is 10.7 Å². The molecule has 2 aromatic heterocycles. The molecule has 0 unspecified atom stereocenters. The van der Waals surface area contributed by atoms with E-state index in [1.807, 2.05) is 0 Å². The second kappa shape index (κ2) is 3.53. The van der Waals surface area contributed by atoms with Crippen LogP contribution < -0.4 is 5.73 Å². The van der Waals surface area contributed by atoms with Crippen molar-refractivity contribution in [1.29, 1.82) is 0 Å². The van der Waals surface area contributed by atoms with Gasteiger partial charge in [-0.15, -0.1) is 11.3 Å². The lowest BCUT2D eigenvalue weighted by molar-refractivity contribution is 0.508. The lowest BCUT2D eigenvalue weighted by Crippen LogP contribution is -2.09. The van der Waals surface area contributed by atoms with Crippen molar-refractivity contribution in [2.45, 2.75) is 26.2 Å². The van der Waals surface area contributed by atoms with Crippen LogP contribution in [0.2, 0.25) is 0 Å². The molecule has 0 aromatic carbocycles. The molecule has 0 bridgehead atoms. The Kier molecular flexibility index (Phi) is 2.26. The summed E-state index contributed by atoms with van der Waals surface area (Å²) in [6.07, 6.45) is 3.54. The molecule has 1 atom stereocenters. The standard InChI is InChI=1S/C11H13N3S2/c1-5-2-3-7-6(4-5)8-9(12)13-11(15)14-10(8)16-7/h5H,2-4H2,1H3,(H3,12,13,14,15)/t5-/m0/s1. The second-order valence-corrected chi connectivity index (χ2v) is 5.96. The van der Waals surface area contributed by atoms with E-state index in [0.29, 0.717) is 10.6 Å². The summed E-state index contributed by atoms with van der Waals surface area (Å²) in [6.45, 7) is 2.29. The molecule has 2 aromatic rings. The van der Waals surface area contributed by atoms with E-state index in [1.54, 1.807) is 11.3 Å². The molecule has 2 heterocycles. The van der Waals surface area contributed by atoms with Gasteiger partial charge in [0.25, 0.3) is 0 Å². The van der Waals surface area contributed by atoms with E-state index in [-0.39, 0.29) is 0 Å². The number of thiophene rings is 1. The third-order valence-corrected chi connectivity index (χ3v) is 4.58. The summed E-state index contributed by atoms with van der Waals surface area (Å²) in [5.41, 5.74) is 7.41. The van der Waals surface area contributed by atoms with Crippen LogP contribution in [0.4, 0.5) is 5.82 Å². The van der Waals surface area contributed by atoms with E-state index in [1.165, 1.54) is 16.9 Å². The van der Waals surface area contributed by atoms with Crippen LogP contribution in [0.15, 0.2) is 0 Å². The fourth-order valence-corrected chi connectivity index (χ4v) is 3.89. The molecule has 0 radical (unpaired) electrons. The van der Waals surface area contributed by atoms with Gasteiger partial charge in [0.15, 0.2) is 4.77 Å². The molecule has 3 nitrogen and oxygen atoms in total. The van der Waals surface area contributed by atoms with Crippen LogP contribution in [0.5, 0.6) is 0 Å². The van der Waals surface area contributed by atoms with E-state index >= 15 is 0 Å². The monoisotopic (exact) mass is 251 g/mol. The third kappa shape index (κ3) is 1.46. The minimum absolute atomic E-state index is 0.483. The van der Waals surface area contributed by atoms with E-state index < -0.39 is 0 Å². The molecule has 0 saturated heterocycles. The first kappa shape index (κ1) is 10.2. The number of nitrogens with zero attached hydrogens (tertiary/aromatic N) is 1. The summed E-state index contributed by atoms with van der Waals surface area (Å²) in [5, 5.41) is 1.11. The first-order chi connectivity index (χ1) is 7.65. The van der Waals surface area contributed by atoms with Crippen LogP contribution in [0.1, 0.15) is 23.8 Å². The average molecular weight is 251 g/mol. The summed E-state index contributed by atoms with van der Waals surface area (Å²) >= 11 is 6.80. The number of aromatic amines is 1. The number of nitrogens with one attached hydrogen (secondary N) is 1. The Bertz CT molecular complexity index is 611. The number of nitrogen functional groups attached to an aromatic ring is 1. The SMILES string of the molecule is C[C@H]1CCc2sc3nc(=S)[nH]c(N)c3c2C1. The molecule has 84 valence electrons. The molecule has 0 fully saturated rings. The fraction of sp³-hybridized carbons (Fsp3) is 0.455. The maximum Gasteiger partial charge on any atom is 0.199 e. The number of hydrogen-bond donors (Lipinski definition) is 2. The lowest BCUT2D eigenvalue weighted by Gasteiger charge is -2.18. The predicted molar refractivity (Wildman–Crippen MR) is 70.4 cm³/mol. The molecule has 0 spiro atoms. The number of fused-ring (bicyclic) bond motifs is 3. The minimum Gasteiger partial charge on any atom is -0.385 e. The number of anilines is 1. The Morgan fingerprint density at radius 3 is 3.19 bits per heavy atom. The summed E-state index contributed by atoms with van der Waals surface area (Å²) in [4.78, 5) is 9.76. The van der Waals surface area contributed by atoms with Crippen molar-refractivity contribution < 1.29 is 0 Å². The molecular weight excluding hydrogens is 238 g/mol. The lowest BCUT2D eigenvalue weighted by atomic mass is 9.89. The Morgan fingerprint density at radius 2 is 2.38 bits per heavy atom. The van der Waals surface area contributed by atoms with Gasteiger partial charge in [0.05, 0.1) is 5.39 Å². The maximum atomic E-state index is 6.02. The average Bonchev–Trinajstić information content (AvgIpc) is 2.54. The Morgan fingerprint density at radius 1 is 1.56 bits per heavy atom. The molecule has 1 aliphatic carbocycles. The molecule has 0 amide bonds. The van der Waals surface area contributed by atoms with Gasteiger partial charge in [0.2, 0.25) is 0 Å². The van der Waals surface area contributed by atoms with Crippen molar-refractivity contribution in [1.82, 2.24) is 9.97 Å². The van der Waals surface area contributed by atoms with Crippen LogP contribution in [-0.4, -0.2) is 9.97 Å². The molecule has 16 heavy (non-hydrogen) atoms. The zero-order valence-corrected chi connectivity index (χ0v) is 10.7. The highest BCUT2D eigenvalue weighted by Crippen LogP contribution is 2.38. The van der Waals surface area contributed by atoms with Crippen molar-refractivity contribution in [3.63, 3.8) is 0 Å². The van der Waals surface area contributed by atoms with Crippen LogP contribution in [0.3, 0.4) is 0 Å². The van der Waals surface area contributed by atoms with Gasteiger partial charge in [0.1, 0.15) is 10.6 Å². The van der Waals surface area contributed by atoms with Crippen molar-refractivity contribution in [2.75, 3.05) is 5.73 Å². The molecule has 3 rings (SSSR count). The van der Waals surface area contributed by atoms with Crippen molar-refractivity contribution in [2.24, 2.45) is 5.92 Å². The van der Waals surface area contributed by atoms with Crippen LogP contribution in [-0.2, 0) is 12.8 Å². The summed E-state index contributed by atoms with van der Waals surface area (Å²) < 4.78 is 0.483. The number of rotatable bonds is 0. The van der Waals surface area contributed by atoms with E-state index in [4.69, 9.17) is 18.0 Å². The normalized spacial score (nSPS) is 19.9. The number of aryl methyl sites for hydroxylation is 1. The molecule has 0 aliphatic heterocycles. The Labute approximate surface area is 103 Å². The summed E-state index contributed by atoms with van der Waals surface area (Å²) in [5.74, 6) is 1.43. The van der Waals surface area contributed by atoms with E-state index in [2.05, 4.69) is 16.9 Å². The van der Waals surface area contributed by atoms with Crippen molar-refractivity contribution in [3.8, 4) is 0 Å². The summed E-state index contributed by atoms with van der Waals surface area (Å²) in [6, 6.07) is 0. The first-order valence-electron chi connectivity index (χ1n) is 5.45. The maximum absolute atomic E-state index is 6.02. The number of hydrogen-bond acceptors (Lipinski definition) is 4. The smallest absolute Gasteiger partial charge is 0.199 e. The quantitative estimate of drug-likeness (QED) is 0.708. The highest BCUT2D eigenvalue weighted by atomic mass is 32.1. The molecule has 0 saturated carbocycles. The Hall–Kier alpha value is -0.940. The van der Waals surface area contributed by atoms with Crippen LogP contribution in [0.25, 0.3) is 10.2 Å². The van der Waals surface area contributed by atoms with Gasteiger partial charge in [-0.3, -0.25) is 0 Å². The number of nitrogens with two attached hydrogens (primary N) is 1. The van der Waals surface area contributed by atoms with Crippen molar-refractivity contribution >= 4 is 39.6 Å². The van der Waals surface area contributed by atoms with Crippen molar-refractivity contribution in [3.05, 3.63) is 15.2 Å². The molecule has 5 heteroatoms. The molecule has 1 aliphatic rings. The van der Waals surface area contributed by atoms with Gasteiger partial charge >= 0.3 is 0 Å². The minimum atomic E-state index is 0.483. The largest absolute Gasteiger partial charge is 0.385 e. The second-order valence-electron chi connectivity index (χ2n) is 4.49. The fourth-order valence-electron chi connectivity index (χ4n) is 2.40. The molecular formula is C11H13N3S2. The number of H-pyrrole nitrogens is 1. The number of aromatic nitrogens is 2. The highest BCUT2D eigenvalue weighted by Gasteiger charge is 2.22. The van der Waals surface area contributed by atoms with Gasteiger partial charge in [-0.25, -0.2) is 4.98 Å². The predicted octanol–water partition coefficient (Wildman–Crippen LogP) is 3.06. The zero-order chi connectivity index (χ0) is 11.3. The summed E-state index contributed by atoms with van der Waals surface area (Å²) in [7, 11) is 0. The van der Waals surface area contributed by atoms with Gasteiger partial charge in [-0.1, -0.05) is 6.92 Å². The van der Waals surface area contributed by atoms with Gasteiger partial charge in [-0.05, 0) is 43.0 Å².